The largest absolute Gasteiger partial charge is 0.497 e. The fraction of sp³-hybridized carbons (Fsp3) is 0.333. The number of aryl methyl sites for hydroxylation is 1. The van der Waals surface area contributed by atoms with Gasteiger partial charge in [0.05, 0.1) is 7.11 Å². The summed E-state index contributed by atoms with van der Waals surface area (Å²) < 4.78 is 11.5. The molecule has 2 nitrogen and oxygen atoms in total. The Bertz CT molecular complexity index is 659. The molecule has 1 atom stereocenters. The zero-order valence-corrected chi connectivity index (χ0v) is 12.5. The van der Waals surface area contributed by atoms with E-state index in [1.165, 1.54) is 22.3 Å². The van der Waals surface area contributed by atoms with Gasteiger partial charge in [-0.2, -0.15) is 0 Å². The number of ether oxygens (including phenoxy) is 2. The molecule has 2 heteroatoms. The van der Waals surface area contributed by atoms with Gasteiger partial charge in [0.15, 0.2) is 0 Å². The maximum atomic E-state index is 6.03. The van der Waals surface area contributed by atoms with Gasteiger partial charge in [-0.3, -0.25) is 0 Å². The fourth-order valence-corrected chi connectivity index (χ4v) is 2.86. The summed E-state index contributed by atoms with van der Waals surface area (Å²) >= 11 is 0. The third-order valence-corrected chi connectivity index (χ3v) is 4.10. The Kier molecular flexibility index (Phi) is 3.17. The van der Waals surface area contributed by atoms with Gasteiger partial charge in [-0.05, 0) is 49.6 Å². The van der Waals surface area contributed by atoms with Gasteiger partial charge in [-0.25, -0.2) is 0 Å². The fourth-order valence-electron chi connectivity index (χ4n) is 2.86. The van der Waals surface area contributed by atoms with E-state index in [4.69, 9.17) is 9.47 Å². The van der Waals surface area contributed by atoms with Gasteiger partial charge in [0.2, 0.25) is 0 Å². The molecule has 0 aliphatic carbocycles. The van der Waals surface area contributed by atoms with Gasteiger partial charge in [-0.1, -0.05) is 18.2 Å². The maximum absolute atomic E-state index is 6.03. The van der Waals surface area contributed by atoms with Crippen LogP contribution in [0.4, 0.5) is 0 Å². The predicted molar refractivity (Wildman–Crippen MR) is 81.7 cm³/mol. The highest BCUT2D eigenvalue weighted by molar-refractivity contribution is 5.77. The molecule has 2 aromatic carbocycles. The van der Waals surface area contributed by atoms with Crippen molar-refractivity contribution in [1.82, 2.24) is 0 Å². The average molecular weight is 268 g/mol. The third kappa shape index (κ3) is 2.05. The molecule has 1 heterocycles. The molecule has 104 valence electrons. The summed E-state index contributed by atoms with van der Waals surface area (Å²) in [6.45, 7) is 6.41. The summed E-state index contributed by atoms with van der Waals surface area (Å²) in [5.74, 6) is 1.92. The van der Waals surface area contributed by atoms with Crippen LogP contribution in [0.15, 0.2) is 30.3 Å². The molecule has 1 aliphatic rings. The quantitative estimate of drug-likeness (QED) is 0.808. The molecule has 20 heavy (non-hydrogen) atoms. The molecule has 0 radical (unpaired) electrons. The van der Waals surface area contributed by atoms with Crippen LogP contribution in [0, 0.1) is 13.8 Å². The monoisotopic (exact) mass is 268 g/mol. The first-order valence-electron chi connectivity index (χ1n) is 7.04. The van der Waals surface area contributed by atoms with Crippen molar-refractivity contribution in [2.45, 2.75) is 33.3 Å². The number of rotatable bonds is 2. The van der Waals surface area contributed by atoms with Crippen molar-refractivity contribution >= 4 is 0 Å². The summed E-state index contributed by atoms with van der Waals surface area (Å²) in [6, 6.07) is 10.6. The van der Waals surface area contributed by atoms with Crippen LogP contribution in [0.5, 0.6) is 11.5 Å². The number of fused-ring (bicyclic) bond motifs is 1. The van der Waals surface area contributed by atoms with Crippen molar-refractivity contribution in [3.05, 3.63) is 47.0 Å². The lowest BCUT2D eigenvalue weighted by atomic mass is 9.94. The van der Waals surface area contributed by atoms with E-state index in [0.29, 0.717) is 0 Å². The Morgan fingerprint density at radius 1 is 1.15 bits per heavy atom. The highest BCUT2D eigenvalue weighted by Gasteiger charge is 2.24. The first kappa shape index (κ1) is 13.0. The van der Waals surface area contributed by atoms with E-state index in [-0.39, 0.29) is 6.10 Å². The lowest BCUT2D eigenvalue weighted by Crippen LogP contribution is -2.05. The molecule has 1 unspecified atom stereocenters. The van der Waals surface area contributed by atoms with Crippen molar-refractivity contribution in [3.8, 4) is 22.6 Å². The van der Waals surface area contributed by atoms with Crippen molar-refractivity contribution in [1.29, 1.82) is 0 Å². The molecular weight excluding hydrogens is 248 g/mol. The van der Waals surface area contributed by atoms with Gasteiger partial charge in [-0.15, -0.1) is 0 Å². The van der Waals surface area contributed by atoms with Crippen LogP contribution in [-0.4, -0.2) is 13.2 Å². The van der Waals surface area contributed by atoms with Crippen LogP contribution in [-0.2, 0) is 6.42 Å². The third-order valence-electron chi connectivity index (χ3n) is 4.10. The Morgan fingerprint density at radius 3 is 2.70 bits per heavy atom. The van der Waals surface area contributed by atoms with Gasteiger partial charge in [0.25, 0.3) is 0 Å². The van der Waals surface area contributed by atoms with E-state index in [1.807, 2.05) is 0 Å². The van der Waals surface area contributed by atoms with E-state index in [2.05, 4.69) is 51.1 Å². The predicted octanol–water partition coefficient (Wildman–Crippen LogP) is 4.30. The first-order valence-corrected chi connectivity index (χ1v) is 7.04. The lowest BCUT2D eigenvalue weighted by molar-refractivity contribution is 0.255. The van der Waals surface area contributed by atoms with Crippen LogP contribution in [0.2, 0.25) is 0 Å². The topological polar surface area (TPSA) is 18.5 Å². The minimum Gasteiger partial charge on any atom is -0.497 e. The normalized spacial score (nSPS) is 16.7. The van der Waals surface area contributed by atoms with Crippen LogP contribution < -0.4 is 9.47 Å². The zero-order chi connectivity index (χ0) is 14.3. The van der Waals surface area contributed by atoms with E-state index in [9.17, 15) is 0 Å². The maximum Gasteiger partial charge on any atom is 0.131 e. The van der Waals surface area contributed by atoms with Crippen LogP contribution >= 0.6 is 0 Å². The molecule has 0 fully saturated rings. The van der Waals surface area contributed by atoms with Crippen LogP contribution in [0.3, 0.4) is 0 Å². The van der Waals surface area contributed by atoms with E-state index in [1.54, 1.807) is 7.11 Å². The van der Waals surface area contributed by atoms with E-state index >= 15 is 0 Å². The highest BCUT2D eigenvalue weighted by Crippen LogP contribution is 2.43. The second-order valence-corrected chi connectivity index (χ2v) is 5.54. The van der Waals surface area contributed by atoms with E-state index in [0.717, 1.165) is 23.5 Å². The molecule has 0 amide bonds. The van der Waals surface area contributed by atoms with Gasteiger partial charge in [0.1, 0.15) is 17.6 Å². The lowest BCUT2D eigenvalue weighted by Gasteiger charge is -2.14. The minimum absolute atomic E-state index is 0.237. The molecule has 0 aromatic heterocycles. The van der Waals surface area contributed by atoms with Crippen LogP contribution in [0.25, 0.3) is 11.1 Å². The molecule has 0 spiro atoms. The SMILES string of the molecule is COc1cc2c(c(-c3cccc(C)c3C)c1)OC(C)C2. The summed E-state index contributed by atoms with van der Waals surface area (Å²) in [6.07, 6.45) is 1.19. The smallest absolute Gasteiger partial charge is 0.131 e. The number of hydrogen-bond donors (Lipinski definition) is 0. The molecule has 2 aromatic rings. The molecule has 0 saturated carbocycles. The minimum atomic E-state index is 0.237. The van der Waals surface area contributed by atoms with Crippen LogP contribution in [0.1, 0.15) is 23.6 Å². The van der Waals surface area contributed by atoms with E-state index < -0.39 is 0 Å². The van der Waals surface area contributed by atoms with Gasteiger partial charge >= 0.3 is 0 Å². The molecule has 3 rings (SSSR count). The van der Waals surface area contributed by atoms with Crippen molar-refractivity contribution in [2.75, 3.05) is 7.11 Å². The number of methoxy groups -OCH3 is 1. The summed E-state index contributed by atoms with van der Waals surface area (Å²) in [5.41, 5.74) is 6.21. The van der Waals surface area contributed by atoms with Crippen molar-refractivity contribution < 1.29 is 9.47 Å². The van der Waals surface area contributed by atoms with Crippen molar-refractivity contribution in [3.63, 3.8) is 0 Å². The summed E-state index contributed by atoms with van der Waals surface area (Å²) in [7, 11) is 1.72. The van der Waals surface area contributed by atoms with Gasteiger partial charge in [0, 0.05) is 17.5 Å². The molecular formula is C18H20O2. The summed E-state index contributed by atoms with van der Waals surface area (Å²) in [4.78, 5) is 0. The molecule has 0 saturated heterocycles. The average Bonchev–Trinajstić information content (AvgIpc) is 2.81. The zero-order valence-electron chi connectivity index (χ0n) is 12.5. The van der Waals surface area contributed by atoms with Gasteiger partial charge < -0.3 is 9.47 Å². The number of benzene rings is 2. The Morgan fingerprint density at radius 2 is 1.95 bits per heavy atom. The molecule has 0 N–H and O–H groups in total. The second kappa shape index (κ2) is 4.86. The molecule has 1 aliphatic heterocycles. The first-order chi connectivity index (χ1) is 9.60. The summed E-state index contributed by atoms with van der Waals surface area (Å²) in [5, 5.41) is 0. The Balaban J connectivity index is 2.23. The number of hydrogen-bond acceptors (Lipinski definition) is 2. The second-order valence-electron chi connectivity index (χ2n) is 5.54. The van der Waals surface area contributed by atoms with Crippen molar-refractivity contribution in [2.24, 2.45) is 0 Å². The standard InChI is InChI=1S/C18H20O2/c1-11-6-5-7-16(13(11)3)17-10-15(19-4)9-14-8-12(2)20-18(14)17/h5-7,9-10,12H,8H2,1-4H3. The highest BCUT2D eigenvalue weighted by atomic mass is 16.5. The Labute approximate surface area is 120 Å². The Hall–Kier alpha value is -1.96. The molecule has 0 bridgehead atoms.